The fourth-order valence-electron chi connectivity index (χ4n) is 5.84. The van der Waals surface area contributed by atoms with Gasteiger partial charge in [-0.1, -0.05) is 11.2 Å². The van der Waals surface area contributed by atoms with Crippen LogP contribution in [0.15, 0.2) is 67.1 Å². The number of likely N-dealkylation sites (tertiary alicyclic amines) is 1. The summed E-state index contributed by atoms with van der Waals surface area (Å²) in [5.41, 5.74) is 4.22. The molecule has 0 bridgehead atoms. The summed E-state index contributed by atoms with van der Waals surface area (Å²) in [5.74, 6) is -1.02. The molecule has 1 aromatic carbocycles. The van der Waals surface area contributed by atoms with E-state index >= 15 is 0 Å². The first-order valence-corrected chi connectivity index (χ1v) is 17.5. The highest BCUT2D eigenvalue weighted by Crippen LogP contribution is 2.73. The summed E-state index contributed by atoms with van der Waals surface area (Å²) in [6, 6.07) is 5.73. The maximum absolute atomic E-state index is 14.1. The Kier molecular flexibility index (Phi) is 10.7. The SMILES string of the molecule is C=CC1CC1(NC(=O)C1CC(Oc2cc(-c3csc(NN=C)n3)nc3cc(OC)ccc23)CN1C(=O)C(N=C)NC(=O)ON=C)P(=O)(N=C)N=C. The highest BCUT2D eigenvalue weighted by Gasteiger charge is 2.66. The third-order valence-electron chi connectivity index (χ3n) is 8.39. The number of aromatic nitrogens is 2. The van der Waals surface area contributed by atoms with Crippen molar-refractivity contribution in [1.29, 1.82) is 0 Å². The number of methoxy groups -OCH3 is 1. The van der Waals surface area contributed by atoms with Gasteiger partial charge in [0.1, 0.15) is 34.6 Å². The second kappa shape index (κ2) is 15.0. The summed E-state index contributed by atoms with van der Waals surface area (Å²) < 4.78 is 33.0. The number of thiazole rings is 1. The van der Waals surface area contributed by atoms with Crippen molar-refractivity contribution < 1.29 is 33.3 Å². The van der Waals surface area contributed by atoms with E-state index in [2.05, 4.69) is 90.8 Å². The molecule has 51 heavy (non-hydrogen) atoms. The van der Waals surface area contributed by atoms with E-state index in [0.29, 0.717) is 38.9 Å². The number of ether oxygens (including phenoxy) is 2. The van der Waals surface area contributed by atoms with Crippen LogP contribution in [0.1, 0.15) is 12.8 Å². The predicted molar refractivity (Wildman–Crippen MR) is 195 cm³/mol. The number of rotatable bonds is 16. The van der Waals surface area contributed by atoms with Crippen LogP contribution in [0.5, 0.6) is 11.5 Å². The molecule has 5 unspecified atom stereocenters. The summed E-state index contributed by atoms with van der Waals surface area (Å²) in [6.45, 7) is 20.3. The van der Waals surface area contributed by atoms with Crippen molar-refractivity contribution in [2.24, 2.45) is 30.7 Å². The summed E-state index contributed by atoms with van der Waals surface area (Å²) in [6.07, 6.45) is -1.78. The van der Waals surface area contributed by atoms with Crippen LogP contribution in [-0.4, -0.2) is 104 Å². The summed E-state index contributed by atoms with van der Waals surface area (Å²) in [4.78, 5) is 58.7. The highest BCUT2D eigenvalue weighted by molar-refractivity contribution is 7.63. The molecule has 1 saturated heterocycles. The van der Waals surface area contributed by atoms with Crippen molar-refractivity contribution in [2.45, 2.75) is 36.4 Å². The zero-order valence-electron chi connectivity index (χ0n) is 27.4. The average molecular weight is 736 g/mol. The number of carbonyl (C=O) groups excluding carboxylic acids is 3. The van der Waals surface area contributed by atoms with Crippen molar-refractivity contribution in [3.8, 4) is 22.9 Å². The lowest BCUT2D eigenvalue weighted by Gasteiger charge is -2.29. The molecule has 5 rings (SSSR count). The molecule has 20 heteroatoms. The number of anilines is 1. The van der Waals surface area contributed by atoms with Crippen LogP contribution in [0.25, 0.3) is 22.3 Å². The van der Waals surface area contributed by atoms with E-state index in [1.54, 1.807) is 29.6 Å². The number of hydrazone groups is 1. The number of aliphatic imine (C=N–C) groups is 1. The average Bonchev–Trinajstić information content (AvgIpc) is 3.42. The number of nitrogens with zero attached hydrogens (tertiary/aromatic N) is 8. The summed E-state index contributed by atoms with van der Waals surface area (Å²) in [7, 11) is -2.31. The van der Waals surface area contributed by atoms with E-state index in [0.717, 1.165) is 0 Å². The number of amides is 3. The van der Waals surface area contributed by atoms with Gasteiger partial charge in [0, 0.05) is 48.7 Å². The highest BCUT2D eigenvalue weighted by atomic mass is 32.1. The van der Waals surface area contributed by atoms with Crippen LogP contribution < -0.4 is 25.5 Å². The van der Waals surface area contributed by atoms with Crippen molar-refractivity contribution in [3.63, 3.8) is 0 Å². The maximum atomic E-state index is 14.1. The molecule has 2 aromatic heterocycles. The minimum absolute atomic E-state index is 0.0344. The van der Waals surface area contributed by atoms with Crippen LogP contribution in [0.4, 0.5) is 9.93 Å². The molecule has 2 aliphatic rings. The van der Waals surface area contributed by atoms with E-state index in [4.69, 9.17) is 14.5 Å². The van der Waals surface area contributed by atoms with Crippen molar-refractivity contribution in [3.05, 3.63) is 42.3 Å². The molecule has 1 aliphatic heterocycles. The quantitative estimate of drug-likeness (QED) is 0.0636. The minimum atomic E-state index is -3.84. The molecule has 3 aromatic rings. The molecule has 0 spiro atoms. The zero-order chi connectivity index (χ0) is 36.9. The Morgan fingerprint density at radius 1 is 1.14 bits per heavy atom. The van der Waals surface area contributed by atoms with Gasteiger partial charge >= 0.3 is 13.5 Å². The lowest BCUT2D eigenvalue weighted by atomic mass is 10.1. The van der Waals surface area contributed by atoms with Crippen molar-refractivity contribution in [1.82, 2.24) is 25.5 Å². The van der Waals surface area contributed by atoms with E-state index in [1.807, 2.05) is 0 Å². The van der Waals surface area contributed by atoms with Crippen LogP contribution in [0.2, 0.25) is 0 Å². The number of oxime groups is 1. The van der Waals surface area contributed by atoms with Gasteiger partial charge in [0.2, 0.25) is 17.2 Å². The molecular formula is C31H34N11O7PS. The Morgan fingerprint density at radius 3 is 2.53 bits per heavy atom. The molecule has 0 radical (unpaired) electrons. The zero-order valence-corrected chi connectivity index (χ0v) is 29.1. The summed E-state index contributed by atoms with van der Waals surface area (Å²) >= 11 is 1.30. The molecule has 2 fully saturated rings. The number of hydrogen-bond donors (Lipinski definition) is 3. The fraction of sp³-hybridized carbons (Fsp3) is 0.290. The third kappa shape index (κ3) is 7.11. The Bertz CT molecular complexity index is 1980. The molecule has 18 nitrogen and oxygen atoms in total. The first-order chi connectivity index (χ1) is 24.5. The van der Waals surface area contributed by atoms with Gasteiger partial charge in [-0.3, -0.25) is 34.7 Å². The number of pyridine rings is 1. The molecule has 3 amide bonds. The molecular weight excluding hydrogens is 701 g/mol. The van der Waals surface area contributed by atoms with Gasteiger partial charge in [0.15, 0.2) is 0 Å². The van der Waals surface area contributed by atoms with Gasteiger partial charge in [0.05, 0.1) is 24.9 Å². The van der Waals surface area contributed by atoms with Crippen LogP contribution >= 0.6 is 18.8 Å². The van der Waals surface area contributed by atoms with Crippen molar-refractivity contribution >= 4 is 86.3 Å². The predicted octanol–water partition coefficient (Wildman–Crippen LogP) is 3.72. The van der Waals surface area contributed by atoms with Gasteiger partial charge < -0.3 is 19.7 Å². The Morgan fingerprint density at radius 2 is 1.90 bits per heavy atom. The van der Waals surface area contributed by atoms with Crippen molar-refractivity contribution in [2.75, 3.05) is 19.1 Å². The Labute approximate surface area is 296 Å². The second-order valence-electron chi connectivity index (χ2n) is 11.2. The van der Waals surface area contributed by atoms with E-state index in [9.17, 15) is 18.9 Å². The van der Waals surface area contributed by atoms with E-state index in [1.165, 1.54) is 29.4 Å². The number of hydrogen-bond acceptors (Lipinski definition) is 14. The largest absolute Gasteiger partial charge is 0.497 e. The lowest BCUT2D eigenvalue weighted by molar-refractivity contribution is -0.140. The smallest absolute Gasteiger partial charge is 0.435 e. The van der Waals surface area contributed by atoms with Crippen LogP contribution in [-0.2, 0) is 19.0 Å². The molecule has 1 aliphatic carbocycles. The van der Waals surface area contributed by atoms with Gasteiger partial charge in [-0.25, -0.2) is 24.3 Å². The van der Waals surface area contributed by atoms with Crippen LogP contribution in [0.3, 0.4) is 0 Å². The van der Waals surface area contributed by atoms with Gasteiger partial charge in [-0.05, 0) is 38.7 Å². The molecule has 1 saturated carbocycles. The number of nitrogens with one attached hydrogen (secondary N) is 3. The molecule has 3 N–H and O–H groups in total. The Balaban J connectivity index is 1.51. The minimum Gasteiger partial charge on any atom is -0.497 e. The van der Waals surface area contributed by atoms with E-state index < -0.39 is 54.9 Å². The van der Waals surface area contributed by atoms with Gasteiger partial charge in [-0.2, -0.15) is 5.10 Å². The summed E-state index contributed by atoms with van der Waals surface area (Å²) in [5, 5.41) is 13.2. The lowest BCUT2D eigenvalue weighted by Crippen LogP contribution is -2.54. The Hall–Kier alpha value is -5.81. The molecule has 5 atom stereocenters. The number of carbonyl (C=O) groups is 3. The topological polar surface area (TPSA) is 223 Å². The maximum Gasteiger partial charge on any atom is 0.435 e. The first-order valence-electron chi connectivity index (χ1n) is 15.0. The normalized spacial score (nSPS) is 21.4. The number of fused-ring (bicyclic) bond motifs is 1. The fourth-order valence-corrected chi connectivity index (χ4v) is 8.32. The first kappa shape index (κ1) is 36.5. The van der Waals surface area contributed by atoms with Gasteiger partial charge in [-0.15, -0.1) is 17.9 Å². The molecule has 3 heterocycles. The third-order valence-corrected chi connectivity index (χ3v) is 11.6. The number of benzene rings is 1. The standard InChI is InChI=1S/C31H34N11O7PS/c1-8-17-14-31(17,50(46,35-5)36-6)40-27(43)24-12-19(15-42(24)28(44)26(32-2)39-30(45)49-34-4)48-25-13-22(23-16-51-29(38-23)41-33-3)37-21-11-18(47-7)9-10-20(21)25/h8-11,13,16-17,19,24,26H,1-6,12,14-15H2,7H3,(H,38,41)(H,39,45)(H,40,43). The molecule has 266 valence electrons. The van der Waals surface area contributed by atoms with Gasteiger partial charge in [0.25, 0.3) is 5.91 Å². The monoisotopic (exact) mass is 735 g/mol. The van der Waals surface area contributed by atoms with Crippen LogP contribution in [0, 0.1) is 5.92 Å². The second-order valence-corrected chi connectivity index (χ2v) is 14.5. The van der Waals surface area contributed by atoms with E-state index in [-0.39, 0.29) is 19.4 Å².